The summed E-state index contributed by atoms with van der Waals surface area (Å²) in [6, 6.07) is 4.00. The molecule has 0 aromatic carbocycles. The molecule has 0 bridgehead atoms. The molecule has 0 aliphatic heterocycles. The molecule has 1 heterocycles. The van der Waals surface area contributed by atoms with Crippen molar-refractivity contribution in [2.75, 3.05) is 7.11 Å². The maximum Gasteiger partial charge on any atom is 0.305 e. The highest BCUT2D eigenvalue weighted by Crippen LogP contribution is 2.49. The lowest BCUT2D eigenvalue weighted by atomic mass is 10.1. The summed E-state index contributed by atoms with van der Waals surface area (Å²) in [6.07, 6.45) is 5.26. The van der Waals surface area contributed by atoms with E-state index in [1.54, 1.807) is 6.20 Å². The zero-order valence-corrected chi connectivity index (χ0v) is 8.14. The number of hydrogen-bond donors (Lipinski definition) is 0. The monoisotopic (exact) mass is 191 g/mol. The van der Waals surface area contributed by atoms with Crippen LogP contribution in [0.25, 0.3) is 0 Å². The molecule has 2 rings (SSSR count). The number of esters is 1. The Hall–Kier alpha value is -1.38. The number of rotatable bonds is 3. The van der Waals surface area contributed by atoms with Crippen LogP contribution in [0.15, 0.2) is 24.5 Å². The van der Waals surface area contributed by atoms with Crippen LogP contribution < -0.4 is 0 Å². The fourth-order valence-corrected chi connectivity index (χ4v) is 1.77. The van der Waals surface area contributed by atoms with Crippen molar-refractivity contribution in [3.8, 4) is 0 Å². The first kappa shape index (κ1) is 9.19. The van der Waals surface area contributed by atoms with E-state index in [0.29, 0.717) is 18.3 Å². The first-order valence-corrected chi connectivity index (χ1v) is 4.78. The third kappa shape index (κ3) is 1.92. The Morgan fingerprint density at radius 1 is 1.71 bits per heavy atom. The van der Waals surface area contributed by atoms with Gasteiger partial charge in [-0.3, -0.25) is 9.78 Å². The Morgan fingerprint density at radius 3 is 3.21 bits per heavy atom. The zero-order valence-electron chi connectivity index (χ0n) is 8.14. The minimum Gasteiger partial charge on any atom is -0.469 e. The van der Waals surface area contributed by atoms with Gasteiger partial charge < -0.3 is 4.74 Å². The van der Waals surface area contributed by atoms with E-state index in [0.717, 1.165) is 6.42 Å². The Kier molecular flexibility index (Phi) is 2.48. The molecule has 74 valence electrons. The van der Waals surface area contributed by atoms with Crippen molar-refractivity contribution >= 4 is 5.97 Å². The van der Waals surface area contributed by atoms with Crippen LogP contribution in [0.4, 0.5) is 0 Å². The van der Waals surface area contributed by atoms with E-state index in [1.807, 2.05) is 12.3 Å². The molecule has 14 heavy (non-hydrogen) atoms. The largest absolute Gasteiger partial charge is 0.469 e. The van der Waals surface area contributed by atoms with E-state index in [2.05, 4.69) is 15.8 Å². The van der Waals surface area contributed by atoms with Gasteiger partial charge in [-0.1, -0.05) is 6.07 Å². The molecule has 1 fully saturated rings. The van der Waals surface area contributed by atoms with Crippen molar-refractivity contribution in [1.29, 1.82) is 0 Å². The highest BCUT2D eigenvalue weighted by Gasteiger charge is 2.39. The van der Waals surface area contributed by atoms with Gasteiger partial charge in [-0.15, -0.1) is 0 Å². The standard InChI is InChI=1S/C11H13NO2/c1-14-11(13)6-9-5-10(9)8-3-2-4-12-7-8/h2-4,7,9-10H,5-6H2,1H3/t9-,10-/m0/s1. The van der Waals surface area contributed by atoms with Gasteiger partial charge in [0.2, 0.25) is 0 Å². The highest BCUT2D eigenvalue weighted by atomic mass is 16.5. The lowest BCUT2D eigenvalue weighted by Gasteiger charge is -1.98. The van der Waals surface area contributed by atoms with E-state index in [4.69, 9.17) is 0 Å². The molecule has 0 saturated heterocycles. The quantitative estimate of drug-likeness (QED) is 0.683. The molecule has 3 nitrogen and oxygen atoms in total. The van der Waals surface area contributed by atoms with Crippen LogP contribution in [0, 0.1) is 5.92 Å². The summed E-state index contributed by atoms with van der Waals surface area (Å²) in [6.45, 7) is 0. The van der Waals surface area contributed by atoms with Gasteiger partial charge in [0.1, 0.15) is 0 Å². The smallest absolute Gasteiger partial charge is 0.305 e. The third-order valence-electron chi connectivity index (χ3n) is 2.69. The minimum absolute atomic E-state index is 0.110. The highest BCUT2D eigenvalue weighted by molar-refractivity contribution is 5.70. The molecule has 3 heteroatoms. The summed E-state index contributed by atoms with van der Waals surface area (Å²) in [5.74, 6) is 0.871. The van der Waals surface area contributed by atoms with E-state index in [9.17, 15) is 4.79 Å². The molecule has 2 atom stereocenters. The van der Waals surface area contributed by atoms with E-state index in [-0.39, 0.29) is 5.97 Å². The van der Waals surface area contributed by atoms with E-state index in [1.165, 1.54) is 12.7 Å². The van der Waals surface area contributed by atoms with Gasteiger partial charge in [-0.05, 0) is 29.9 Å². The average molecular weight is 191 g/mol. The number of methoxy groups -OCH3 is 1. The van der Waals surface area contributed by atoms with Crippen molar-refractivity contribution in [1.82, 2.24) is 4.98 Å². The molecule has 1 aliphatic carbocycles. The van der Waals surface area contributed by atoms with Crippen LogP contribution >= 0.6 is 0 Å². The number of carbonyl (C=O) groups is 1. The number of carbonyl (C=O) groups excluding carboxylic acids is 1. The van der Waals surface area contributed by atoms with Gasteiger partial charge in [-0.25, -0.2) is 0 Å². The first-order chi connectivity index (χ1) is 6.81. The topological polar surface area (TPSA) is 39.2 Å². The fraction of sp³-hybridized carbons (Fsp3) is 0.455. The van der Waals surface area contributed by atoms with Gasteiger partial charge in [0.05, 0.1) is 7.11 Å². The third-order valence-corrected chi connectivity index (χ3v) is 2.69. The van der Waals surface area contributed by atoms with Crippen LogP contribution in [0.1, 0.15) is 24.3 Å². The molecule has 1 aliphatic rings. The number of hydrogen-bond acceptors (Lipinski definition) is 3. The maximum atomic E-state index is 11.0. The summed E-state index contributed by atoms with van der Waals surface area (Å²) in [7, 11) is 1.43. The normalized spacial score (nSPS) is 24.4. The molecule has 1 saturated carbocycles. The first-order valence-electron chi connectivity index (χ1n) is 4.78. The van der Waals surface area contributed by atoms with Crippen molar-refractivity contribution in [2.24, 2.45) is 5.92 Å². The molecule has 0 radical (unpaired) electrons. The van der Waals surface area contributed by atoms with Crippen molar-refractivity contribution in [3.63, 3.8) is 0 Å². The summed E-state index contributed by atoms with van der Waals surface area (Å²) in [5.41, 5.74) is 1.24. The lowest BCUT2D eigenvalue weighted by molar-refractivity contribution is -0.141. The Labute approximate surface area is 83.1 Å². The average Bonchev–Trinajstić information content (AvgIpc) is 2.98. The second kappa shape index (κ2) is 3.78. The number of ether oxygens (including phenoxy) is 1. The predicted molar refractivity (Wildman–Crippen MR) is 51.7 cm³/mol. The minimum atomic E-state index is -0.110. The lowest BCUT2D eigenvalue weighted by Crippen LogP contribution is -2.01. The van der Waals surface area contributed by atoms with Crippen molar-refractivity contribution in [2.45, 2.75) is 18.8 Å². The second-order valence-corrected chi connectivity index (χ2v) is 3.67. The number of nitrogens with zero attached hydrogens (tertiary/aromatic N) is 1. The Morgan fingerprint density at radius 2 is 2.57 bits per heavy atom. The van der Waals surface area contributed by atoms with Crippen LogP contribution in [0.5, 0.6) is 0 Å². The molecule has 0 unspecified atom stereocenters. The maximum absolute atomic E-state index is 11.0. The Balaban J connectivity index is 1.91. The van der Waals surface area contributed by atoms with Gasteiger partial charge in [0.25, 0.3) is 0 Å². The molecule has 0 N–H and O–H groups in total. The molecule has 1 aromatic rings. The Bertz CT molecular complexity index is 323. The zero-order chi connectivity index (χ0) is 9.97. The summed E-state index contributed by atoms with van der Waals surface area (Å²) in [5, 5.41) is 0. The molecule has 1 aromatic heterocycles. The summed E-state index contributed by atoms with van der Waals surface area (Å²) >= 11 is 0. The summed E-state index contributed by atoms with van der Waals surface area (Å²) < 4.78 is 4.63. The molecule has 0 spiro atoms. The van der Waals surface area contributed by atoms with E-state index >= 15 is 0 Å². The predicted octanol–water partition coefficient (Wildman–Crippen LogP) is 1.75. The van der Waals surface area contributed by atoms with Gasteiger partial charge >= 0.3 is 5.97 Å². The van der Waals surface area contributed by atoms with Crippen molar-refractivity contribution in [3.05, 3.63) is 30.1 Å². The van der Waals surface area contributed by atoms with Crippen LogP contribution in [-0.4, -0.2) is 18.1 Å². The molecule has 0 amide bonds. The van der Waals surface area contributed by atoms with Crippen LogP contribution in [0.3, 0.4) is 0 Å². The second-order valence-electron chi connectivity index (χ2n) is 3.67. The molecular formula is C11H13NO2. The molecular weight excluding hydrogens is 178 g/mol. The van der Waals surface area contributed by atoms with Crippen molar-refractivity contribution < 1.29 is 9.53 Å². The van der Waals surface area contributed by atoms with Gasteiger partial charge in [0.15, 0.2) is 0 Å². The van der Waals surface area contributed by atoms with Crippen LogP contribution in [-0.2, 0) is 9.53 Å². The van der Waals surface area contributed by atoms with Crippen LogP contribution in [0.2, 0.25) is 0 Å². The number of aromatic nitrogens is 1. The SMILES string of the molecule is COC(=O)C[C@@H]1C[C@H]1c1cccnc1. The van der Waals surface area contributed by atoms with Gasteiger partial charge in [0, 0.05) is 18.8 Å². The number of pyridine rings is 1. The van der Waals surface area contributed by atoms with Gasteiger partial charge in [-0.2, -0.15) is 0 Å². The summed E-state index contributed by atoms with van der Waals surface area (Å²) in [4.78, 5) is 15.1. The van der Waals surface area contributed by atoms with E-state index < -0.39 is 0 Å². The fourth-order valence-electron chi connectivity index (χ4n) is 1.77.